The van der Waals surface area contributed by atoms with Crippen molar-refractivity contribution < 1.29 is 4.74 Å². The van der Waals surface area contributed by atoms with E-state index in [1.54, 1.807) is 12.1 Å². The summed E-state index contributed by atoms with van der Waals surface area (Å²) in [5, 5.41) is 4.05. The Labute approximate surface area is 134 Å². The molecular weight excluding hydrogens is 307 g/mol. The molecule has 2 atom stereocenters. The molecule has 2 aromatic rings. The lowest BCUT2D eigenvalue weighted by Gasteiger charge is -2.25. The average molecular weight is 323 g/mol. The highest BCUT2D eigenvalue weighted by molar-refractivity contribution is 6.33. The van der Waals surface area contributed by atoms with E-state index >= 15 is 0 Å². The Morgan fingerprint density at radius 2 is 1.95 bits per heavy atom. The molecule has 1 aromatic heterocycles. The molecule has 3 rings (SSSR count). The normalized spacial score (nSPS) is 19.4. The third kappa shape index (κ3) is 3.49. The van der Waals surface area contributed by atoms with Crippen molar-refractivity contribution in [2.24, 2.45) is 5.92 Å². The number of hydrogen-bond acceptors (Lipinski definition) is 3. The molecule has 2 heterocycles. The van der Waals surface area contributed by atoms with E-state index in [0.717, 1.165) is 25.1 Å². The highest BCUT2D eigenvalue weighted by atomic mass is 35.5. The van der Waals surface area contributed by atoms with Crippen molar-refractivity contribution in [3.63, 3.8) is 0 Å². The first-order valence-corrected chi connectivity index (χ1v) is 7.74. The van der Waals surface area contributed by atoms with E-state index < -0.39 is 0 Å². The fraction of sp³-hybridized carbons (Fsp3) is 0.312. The molecule has 3 nitrogen and oxygen atoms in total. The smallest absolute Gasteiger partial charge is 0.172 e. The van der Waals surface area contributed by atoms with Crippen LogP contribution in [0, 0.1) is 5.92 Å². The zero-order chi connectivity index (χ0) is 14.7. The Morgan fingerprint density at radius 1 is 1.14 bits per heavy atom. The summed E-state index contributed by atoms with van der Waals surface area (Å²) in [4.78, 5) is 4.04. The van der Waals surface area contributed by atoms with Crippen LogP contribution in [0.25, 0.3) is 0 Å². The third-order valence-electron chi connectivity index (χ3n) is 3.69. The Bertz CT molecular complexity index is 600. The van der Waals surface area contributed by atoms with E-state index in [4.69, 9.17) is 27.9 Å². The summed E-state index contributed by atoms with van der Waals surface area (Å²) in [6, 6.07) is 13.7. The number of ether oxygens (including phenoxy) is 1. The average Bonchev–Trinajstić information content (AvgIpc) is 3.01. The molecular formula is C16H16Cl2N2O. The van der Waals surface area contributed by atoms with Gasteiger partial charge in [-0.2, -0.15) is 0 Å². The van der Waals surface area contributed by atoms with Crippen molar-refractivity contribution in [1.82, 2.24) is 10.3 Å². The van der Waals surface area contributed by atoms with Crippen LogP contribution in [0.4, 0.5) is 0 Å². The van der Waals surface area contributed by atoms with Gasteiger partial charge < -0.3 is 10.1 Å². The maximum Gasteiger partial charge on any atom is 0.172 e. The van der Waals surface area contributed by atoms with Crippen molar-refractivity contribution in [1.29, 1.82) is 0 Å². The first-order valence-electron chi connectivity index (χ1n) is 6.98. The van der Waals surface area contributed by atoms with Crippen molar-refractivity contribution in [2.45, 2.75) is 12.5 Å². The molecule has 0 aliphatic carbocycles. The van der Waals surface area contributed by atoms with Crippen LogP contribution in [-0.4, -0.2) is 18.1 Å². The predicted molar refractivity (Wildman–Crippen MR) is 85.0 cm³/mol. The second-order valence-corrected chi connectivity index (χ2v) is 5.87. The molecule has 0 saturated carbocycles. The largest absolute Gasteiger partial charge is 0.482 e. The van der Waals surface area contributed by atoms with Crippen LogP contribution in [0.1, 0.15) is 18.1 Å². The SMILES string of the molecule is Clc1ccc(O[C@H](c2ccccc2)C2CCNC2)c(Cl)n1. The summed E-state index contributed by atoms with van der Waals surface area (Å²) < 4.78 is 6.18. The van der Waals surface area contributed by atoms with Gasteiger partial charge in [0.05, 0.1) is 0 Å². The first-order chi connectivity index (χ1) is 10.2. The molecule has 0 radical (unpaired) electrons. The molecule has 1 N–H and O–H groups in total. The van der Waals surface area contributed by atoms with E-state index in [1.165, 1.54) is 0 Å². The zero-order valence-electron chi connectivity index (χ0n) is 11.4. The van der Waals surface area contributed by atoms with Crippen LogP contribution in [0.3, 0.4) is 0 Å². The Morgan fingerprint density at radius 3 is 2.62 bits per heavy atom. The second kappa shape index (κ2) is 6.65. The maximum atomic E-state index is 6.18. The molecule has 110 valence electrons. The number of hydrogen-bond donors (Lipinski definition) is 1. The summed E-state index contributed by atoms with van der Waals surface area (Å²) in [6.07, 6.45) is 1.04. The van der Waals surface area contributed by atoms with Crippen LogP contribution >= 0.6 is 23.2 Å². The molecule has 0 spiro atoms. The number of pyridine rings is 1. The zero-order valence-corrected chi connectivity index (χ0v) is 12.9. The standard InChI is InChI=1S/C16H16Cl2N2O/c17-14-7-6-13(16(18)20-14)21-15(12-8-9-19-10-12)11-4-2-1-3-5-11/h1-7,12,15,19H,8-10H2/t12?,15-/m1/s1. The number of benzene rings is 1. The molecule has 1 fully saturated rings. The lowest BCUT2D eigenvalue weighted by Crippen LogP contribution is -2.21. The number of aromatic nitrogens is 1. The van der Waals surface area contributed by atoms with Crippen molar-refractivity contribution >= 4 is 23.2 Å². The minimum Gasteiger partial charge on any atom is -0.482 e. The predicted octanol–water partition coefficient (Wildman–Crippen LogP) is 4.12. The quantitative estimate of drug-likeness (QED) is 0.860. The van der Waals surface area contributed by atoms with Crippen LogP contribution in [0.15, 0.2) is 42.5 Å². The first kappa shape index (κ1) is 14.6. The molecule has 5 heteroatoms. The van der Waals surface area contributed by atoms with Gasteiger partial charge >= 0.3 is 0 Å². The highest BCUT2D eigenvalue weighted by Gasteiger charge is 2.28. The van der Waals surface area contributed by atoms with Gasteiger partial charge in [-0.3, -0.25) is 0 Å². The van der Waals surface area contributed by atoms with Crippen molar-refractivity contribution in [3.05, 3.63) is 58.3 Å². The fourth-order valence-electron chi connectivity index (χ4n) is 2.64. The van der Waals surface area contributed by atoms with E-state index in [2.05, 4.69) is 22.4 Å². The van der Waals surface area contributed by atoms with Gasteiger partial charge in [-0.05, 0) is 30.7 Å². The van der Waals surface area contributed by atoms with Gasteiger partial charge in [0.2, 0.25) is 0 Å². The van der Waals surface area contributed by atoms with Gasteiger partial charge in [0.1, 0.15) is 11.3 Å². The van der Waals surface area contributed by atoms with E-state index in [1.807, 2.05) is 18.2 Å². The number of nitrogens with zero attached hydrogens (tertiary/aromatic N) is 1. The van der Waals surface area contributed by atoms with Gasteiger partial charge in [-0.25, -0.2) is 4.98 Å². The summed E-state index contributed by atoms with van der Waals surface area (Å²) >= 11 is 12.0. The van der Waals surface area contributed by atoms with Crippen molar-refractivity contribution in [2.75, 3.05) is 13.1 Å². The van der Waals surface area contributed by atoms with E-state index in [0.29, 0.717) is 22.0 Å². The summed E-state index contributed by atoms with van der Waals surface area (Å²) in [6.45, 7) is 1.96. The van der Waals surface area contributed by atoms with Crippen LogP contribution in [0.5, 0.6) is 5.75 Å². The van der Waals surface area contributed by atoms with E-state index in [-0.39, 0.29) is 6.10 Å². The van der Waals surface area contributed by atoms with Crippen LogP contribution in [0.2, 0.25) is 10.3 Å². The van der Waals surface area contributed by atoms with E-state index in [9.17, 15) is 0 Å². The number of halogens is 2. The Hall–Kier alpha value is -1.29. The summed E-state index contributed by atoms with van der Waals surface area (Å²) in [7, 11) is 0. The van der Waals surface area contributed by atoms with Gasteiger partial charge in [0.25, 0.3) is 0 Å². The number of nitrogens with one attached hydrogen (secondary N) is 1. The number of rotatable bonds is 4. The molecule has 0 amide bonds. The Kier molecular flexibility index (Phi) is 4.63. The van der Waals surface area contributed by atoms with Gasteiger partial charge in [0, 0.05) is 12.5 Å². The molecule has 0 bridgehead atoms. The second-order valence-electron chi connectivity index (χ2n) is 5.12. The monoisotopic (exact) mass is 322 g/mol. The van der Waals surface area contributed by atoms with Crippen molar-refractivity contribution in [3.8, 4) is 5.75 Å². The summed E-state index contributed by atoms with van der Waals surface area (Å²) in [5.74, 6) is 0.987. The maximum absolute atomic E-state index is 6.18. The molecule has 1 aromatic carbocycles. The van der Waals surface area contributed by atoms with Gasteiger partial charge in [-0.15, -0.1) is 0 Å². The fourth-order valence-corrected chi connectivity index (χ4v) is 3.03. The van der Waals surface area contributed by atoms with Crippen LogP contribution < -0.4 is 10.1 Å². The van der Waals surface area contributed by atoms with Crippen LogP contribution in [-0.2, 0) is 0 Å². The lowest BCUT2D eigenvalue weighted by atomic mass is 9.95. The summed E-state index contributed by atoms with van der Waals surface area (Å²) in [5.41, 5.74) is 1.15. The molecule has 21 heavy (non-hydrogen) atoms. The lowest BCUT2D eigenvalue weighted by molar-refractivity contribution is 0.144. The van der Waals surface area contributed by atoms with Gasteiger partial charge in [-0.1, -0.05) is 53.5 Å². The Balaban J connectivity index is 1.88. The third-order valence-corrected chi connectivity index (χ3v) is 4.17. The minimum atomic E-state index is -0.0401. The molecule has 1 aliphatic rings. The molecule has 1 saturated heterocycles. The molecule has 1 aliphatic heterocycles. The molecule has 1 unspecified atom stereocenters. The highest BCUT2D eigenvalue weighted by Crippen LogP contribution is 2.34. The topological polar surface area (TPSA) is 34.1 Å². The van der Waals surface area contributed by atoms with Gasteiger partial charge in [0.15, 0.2) is 10.9 Å². The minimum absolute atomic E-state index is 0.0401.